The molecule has 1 rings (SSSR count). The van der Waals surface area contributed by atoms with E-state index in [4.69, 9.17) is 0 Å². The number of rotatable bonds is 2. The van der Waals surface area contributed by atoms with E-state index in [2.05, 4.69) is 33.0 Å². The largest absolute Gasteiger partial charge is 0.344 e. The first kappa shape index (κ1) is 13.5. The van der Waals surface area contributed by atoms with Crippen LogP contribution in [-0.2, 0) is 4.79 Å². The quantitative estimate of drug-likeness (QED) is 0.781. The third-order valence-corrected chi connectivity index (χ3v) is 3.00. The van der Waals surface area contributed by atoms with Gasteiger partial charge in [0.1, 0.15) is 0 Å². The van der Waals surface area contributed by atoms with Crippen molar-refractivity contribution in [1.82, 2.24) is 10.2 Å². The highest BCUT2D eigenvalue weighted by Gasteiger charge is 2.28. The SMILES string of the molecule is CC1CCCC(C(=O)N(C)CC(C)(C)C)N1. The van der Waals surface area contributed by atoms with Gasteiger partial charge in [0.05, 0.1) is 6.04 Å². The average Bonchev–Trinajstić information content (AvgIpc) is 2.14. The van der Waals surface area contributed by atoms with Gasteiger partial charge in [-0.15, -0.1) is 0 Å². The lowest BCUT2D eigenvalue weighted by Gasteiger charge is -2.33. The van der Waals surface area contributed by atoms with Gasteiger partial charge in [-0.25, -0.2) is 0 Å². The molecule has 1 amide bonds. The summed E-state index contributed by atoms with van der Waals surface area (Å²) >= 11 is 0. The zero-order chi connectivity index (χ0) is 12.3. The molecular weight excluding hydrogens is 200 g/mol. The molecule has 1 aliphatic rings. The second-order valence-electron chi connectivity index (χ2n) is 6.31. The molecule has 1 fully saturated rings. The Bertz CT molecular complexity index is 245. The summed E-state index contributed by atoms with van der Waals surface area (Å²) in [7, 11) is 1.91. The van der Waals surface area contributed by atoms with Crippen LogP contribution in [0.3, 0.4) is 0 Å². The minimum atomic E-state index is 0.0381. The summed E-state index contributed by atoms with van der Waals surface area (Å²) in [5.74, 6) is 0.251. The molecule has 0 radical (unpaired) electrons. The zero-order valence-electron chi connectivity index (χ0n) is 11.3. The van der Waals surface area contributed by atoms with E-state index in [-0.39, 0.29) is 17.4 Å². The fourth-order valence-corrected chi connectivity index (χ4v) is 2.39. The number of hydrogen-bond donors (Lipinski definition) is 1. The highest BCUT2D eigenvalue weighted by Crippen LogP contribution is 2.18. The minimum Gasteiger partial charge on any atom is -0.344 e. The van der Waals surface area contributed by atoms with Crippen molar-refractivity contribution in [2.45, 2.75) is 59.0 Å². The molecule has 1 saturated heterocycles. The summed E-state index contributed by atoms with van der Waals surface area (Å²) in [6, 6.07) is 0.516. The lowest BCUT2D eigenvalue weighted by atomic mass is 9.94. The van der Waals surface area contributed by atoms with E-state index in [1.54, 1.807) is 0 Å². The van der Waals surface area contributed by atoms with E-state index in [9.17, 15) is 4.79 Å². The third kappa shape index (κ3) is 4.12. The van der Waals surface area contributed by atoms with Crippen LogP contribution in [0.1, 0.15) is 47.0 Å². The van der Waals surface area contributed by atoms with Crippen molar-refractivity contribution in [3.63, 3.8) is 0 Å². The normalized spacial score (nSPS) is 26.6. The number of hydrogen-bond acceptors (Lipinski definition) is 2. The van der Waals surface area contributed by atoms with E-state index in [1.165, 1.54) is 6.42 Å². The summed E-state index contributed by atoms with van der Waals surface area (Å²) < 4.78 is 0. The lowest BCUT2D eigenvalue weighted by Crippen LogP contribution is -2.51. The number of nitrogens with zero attached hydrogens (tertiary/aromatic N) is 1. The number of nitrogens with one attached hydrogen (secondary N) is 1. The molecule has 1 N–H and O–H groups in total. The zero-order valence-corrected chi connectivity index (χ0v) is 11.3. The van der Waals surface area contributed by atoms with Gasteiger partial charge in [0.2, 0.25) is 5.91 Å². The highest BCUT2D eigenvalue weighted by molar-refractivity contribution is 5.81. The summed E-state index contributed by atoms with van der Waals surface area (Å²) in [5.41, 5.74) is 0.171. The minimum absolute atomic E-state index is 0.0381. The summed E-state index contributed by atoms with van der Waals surface area (Å²) in [6.45, 7) is 9.46. The predicted molar refractivity (Wildman–Crippen MR) is 67.3 cm³/mol. The van der Waals surface area contributed by atoms with Crippen LogP contribution in [-0.4, -0.2) is 36.5 Å². The summed E-state index contributed by atoms with van der Waals surface area (Å²) in [6.07, 6.45) is 3.33. The Hall–Kier alpha value is -0.570. The van der Waals surface area contributed by atoms with Crippen LogP contribution in [0.25, 0.3) is 0 Å². The van der Waals surface area contributed by atoms with Crippen LogP contribution in [0.2, 0.25) is 0 Å². The molecule has 2 unspecified atom stereocenters. The fraction of sp³-hybridized carbons (Fsp3) is 0.923. The predicted octanol–water partition coefficient (Wildman–Crippen LogP) is 2.02. The van der Waals surface area contributed by atoms with E-state index in [1.807, 2.05) is 11.9 Å². The van der Waals surface area contributed by atoms with Crippen LogP contribution in [0.5, 0.6) is 0 Å². The van der Waals surface area contributed by atoms with Crippen molar-refractivity contribution in [3.05, 3.63) is 0 Å². The first-order valence-corrected chi connectivity index (χ1v) is 6.30. The smallest absolute Gasteiger partial charge is 0.239 e. The molecule has 0 aromatic carbocycles. The molecular formula is C13H26N2O. The molecule has 2 atom stereocenters. The van der Waals surface area contributed by atoms with Crippen molar-refractivity contribution in [3.8, 4) is 0 Å². The molecule has 1 aliphatic heterocycles. The highest BCUT2D eigenvalue weighted by atomic mass is 16.2. The molecule has 0 bridgehead atoms. The third-order valence-electron chi connectivity index (χ3n) is 3.00. The molecule has 3 heteroatoms. The number of amides is 1. The van der Waals surface area contributed by atoms with E-state index >= 15 is 0 Å². The van der Waals surface area contributed by atoms with Crippen LogP contribution in [0.15, 0.2) is 0 Å². The van der Waals surface area contributed by atoms with Gasteiger partial charge in [-0.05, 0) is 31.6 Å². The molecule has 94 valence electrons. The topological polar surface area (TPSA) is 32.3 Å². The Morgan fingerprint density at radius 3 is 2.50 bits per heavy atom. The summed E-state index contributed by atoms with van der Waals surface area (Å²) in [4.78, 5) is 14.1. The molecule has 0 spiro atoms. The van der Waals surface area contributed by atoms with E-state index in [0.717, 1.165) is 19.4 Å². The first-order valence-electron chi connectivity index (χ1n) is 6.30. The molecule has 3 nitrogen and oxygen atoms in total. The van der Waals surface area contributed by atoms with Crippen LogP contribution in [0, 0.1) is 5.41 Å². The molecule has 16 heavy (non-hydrogen) atoms. The van der Waals surface area contributed by atoms with Crippen LogP contribution in [0.4, 0.5) is 0 Å². The number of carbonyl (C=O) groups excluding carboxylic acids is 1. The number of likely N-dealkylation sites (N-methyl/N-ethyl adjacent to an activating group) is 1. The number of piperidine rings is 1. The Balaban J connectivity index is 2.49. The van der Waals surface area contributed by atoms with Gasteiger partial charge in [0.15, 0.2) is 0 Å². The molecule has 0 aliphatic carbocycles. The Morgan fingerprint density at radius 1 is 1.38 bits per heavy atom. The maximum absolute atomic E-state index is 12.2. The molecule has 0 aromatic rings. The van der Waals surface area contributed by atoms with Gasteiger partial charge in [-0.1, -0.05) is 20.8 Å². The fourth-order valence-electron chi connectivity index (χ4n) is 2.39. The Kier molecular flexibility index (Phi) is 4.36. The first-order chi connectivity index (χ1) is 7.29. The van der Waals surface area contributed by atoms with Gasteiger partial charge >= 0.3 is 0 Å². The van der Waals surface area contributed by atoms with Crippen molar-refractivity contribution in [2.75, 3.05) is 13.6 Å². The maximum atomic E-state index is 12.2. The Labute approximate surface area is 99.6 Å². The monoisotopic (exact) mass is 226 g/mol. The van der Waals surface area contributed by atoms with E-state index < -0.39 is 0 Å². The van der Waals surface area contributed by atoms with Crippen molar-refractivity contribution in [1.29, 1.82) is 0 Å². The van der Waals surface area contributed by atoms with Gasteiger partial charge < -0.3 is 10.2 Å². The van der Waals surface area contributed by atoms with Crippen LogP contribution >= 0.6 is 0 Å². The standard InChI is InChI=1S/C13H26N2O/c1-10-7-6-8-11(14-10)12(16)15(5)9-13(2,3)4/h10-11,14H,6-9H2,1-5H3. The van der Waals surface area contributed by atoms with Crippen molar-refractivity contribution < 1.29 is 4.79 Å². The molecule has 0 aromatic heterocycles. The van der Waals surface area contributed by atoms with Gasteiger partial charge in [0, 0.05) is 19.6 Å². The summed E-state index contributed by atoms with van der Waals surface area (Å²) in [5, 5.41) is 3.39. The Morgan fingerprint density at radius 2 is 2.00 bits per heavy atom. The average molecular weight is 226 g/mol. The second-order valence-corrected chi connectivity index (χ2v) is 6.31. The van der Waals surface area contributed by atoms with Gasteiger partial charge in [-0.3, -0.25) is 4.79 Å². The molecule has 0 saturated carbocycles. The van der Waals surface area contributed by atoms with Crippen molar-refractivity contribution >= 4 is 5.91 Å². The second kappa shape index (κ2) is 5.17. The van der Waals surface area contributed by atoms with Gasteiger partial charge in [0.25, 0.3) is 0 Å². The van der Waals surface area contributed by atoms with E-state index in [0.29, 0.717) is 6.04 Å². The van der Waals surface area contributed by atoms with Gasteiger partial charge in [-0.2, -0.15) is 0 Å². The van der Waals surface area contributed by atoms with Crippen LogP contribution < -0.4 is 5.32 Å². The number of carbonyl (C=O) groups is 1. The molecule has 1 heterocycles. The van der Waals surface area contributed by atoms with Crippen molar-refractivity contribution in [2.24, 2.45) is 5.41 Å². The maximum Gasteiger partial charge on any atom is 0.239 e. The lowest BCUT2D eigenvalue weighted by molar-refractivity contribution is -0.134.